The molecule has 0 saturated heterocycles. The molecule has 5 heteroatoms. The maximum Gasteiger partial charge on any atom is 0.305 e. The predicted molar refractivity (Wildman–Crippen MR) is 84.0 cm³/mol. The molecule has 0 bridgehead atoms. The summed E-state index contributed by atoms with van der Waals surface area (Å²) in [5.41, 5.74) is 0. The summed E-state index contributed by atoms with van der Waals surface area (Å²) >= 11 is 0. The van der Waals surface area contributed by atoms with Crippen LogP contribution in [-0.2, 0) is 9.53 Å². The molecule has 0 heterocycles. The standard InChI is InChI=1S/C13H26O5.C3H8/c1-2-3-4-6-11(15)7-5-8-13(17)18-10-12(16)9-14;1-3-2/h11-12,14-16H,2-10H2,1H3;3H2,1-2H3. The minimum atomic E-state index is -1.01. The van der Waals surface area contributed by atoms with Crippen molar-refractivity contribution in [3.63, 3.8) is 0 Å². The van der Waals surface area contributed by atoms with Gasteiger partial charge in [-0.05, 0) is 19.3 Å². The Morgan fingerprint density at radius 2 is 1.57 bits per heavy atom. The van der Waals surface area contributed by atoms with Gasteiger partial charge in [0.1, 0.15) is 12.7 Å². The summed E-state index contributed by atoms with van der Waals surface area (Å²) in [7, 11) is 0. The van der Waals surface area contributed by atoms with Crippen molar-refractivity contribution in [3.8, 4) is 0 Å². The summed E-state index contributed by atoms with van der Waals surface area (Å²) in [6.45, 7) is 5.78. The van der Waals surface area contributed by atoms with Gasteiger partial charge in [-0.25, -0.2) is 0 Å². The van der Waals surface area contributed by atoms with Gasteiger partial charge in [0.05, 0.1) is 12.7 Å². The van der Waals surface area contributed by atoms with Gasteiger partial charge in [-0.1, -0.05) is 46.5 Å². The van der Waals surface area contributed by atoms with E-state index in [1.54, 1.807) is 0 Å². The number of hydrogen-bond donors (Lipinski definition) is 3. The zero-order valence-corrected chi connectivity index (χ0v) is 13.9. The van der Waals surface area contributed by atoms with Gasteiger partial charge >= 0.3 is 5.97 Å². The Morgan fingerprint density at radius 1 is 1.00 bits per heavy atom. The van der Waals surface area contributed by atoms with Gasteiger partial charge in [-0.3, -0.25) is 4.79 Å². The zero-order chi connectivity index (χ0) is 16.5. The first-order chi connectivity index (χ1) is 10.0. The Labute approximate surface area is 129 Å². The highest BCUT2D eigenvalue weighted by atomic mass is 16.5. The molecule has 0 aliphatic heterocycles. The molecule has 2 atom stereocenters. The van der Waals surface area contributed by atoms with Crippen LogP contribution < -0.4 is 0 Å². The fraction of sp³-hybridized carbons (Fsp3) is 0.938. The Kier molecular flexibility index (Phi) is 18.8. The second-order valence-corrected chi connectivity index (χ2v) is 5.27. The number of ether oxygens (including phenoxy) is 1. The molecule has 0 amide bonds. The molecule has 0 aromatic carbocycles. The molecule has 0 aliphatic rings. The van der Waals surface area contributed by atoms with E-state index < -0.39 is 18.7 Å². The van der Waals surface area contributed by atoms with Crippen LogP contribution >= 0.6 is 0 Å². The lowest BCUT2D eigenvalue weighted by Gasteiger charge is -2.10. The van der Waals surface area contributed by atoms with Gasteiger partial charge in [0.25, 0.3) is 0 Å². The lowest BCUT2D eigenvalue weighted by atomic mass is 10.1. The predicted octanol–water partition coefficient (Wildman–Crippen LogP) is 2.41. The van der Waals surface area contributed by atoms with Crippen molar-refractivity contribution in [1.29, 1.82) is 0 Å². The third kappa shape index (κ3) is 19.4. The van der Waals surface area contributed by atoms with Gasteiger partial charge in [0.2, 0.25) is 0 Å². The highest BCUT2D eigenvalue weighted by molar-refractivity contribution is 5.69. The van der Waals surface area contributed by atoms with Gasteiger partial charge in [-0.2, -0.15) is 0 Å². The van der Waals surface area contributed by atoms with Crippen LogP contribution in [0.25, 0.3) is 0 Å². The van der Waals surface area contributed by atoms with E-state index in [-0.39, 0.29) is 19.1 Å². The maximum atomic E-state index is 11.2. The second-order valence-electron chi connectivity index (χ2n) is 5.27. The van der Waals surface area contributed by atoms with Crippen LogP contribution in [0.1, 0.15) is 72.1 Å². The van der Waals surface area contributed by atoms with Crippen LogP contribution in [0.5, 0.6) is 0 Å². The molecule has 0 radical (unpaired) electrons. The largest absolute Gasteiger partial charge is 0.463 e. The van der Waals surface area contributed by atoms with Crippen molar-refractivity contribution in [1.82, 2.24) is 0 Å². The lowest BCUT2D eigenvalue weighted by Crippen LogP contribution is -2.22. The smallest absolute Gasteiger partial charge is 0.305 e. The van der Waals surface area contributed by atoms with Crippen molar-refractivity contribution >= 4 is 5.97 Å². The van der Waals surface area contributed by atoms with Crippen molar-refractivity contribution in [3.05, 3.63) is 0 Å². The van der Waals surface area contributed by atoms with E-state index >= 15 is 0 Å². The highest BCUT2D eigenvalue weighted by Crippen LogP contribution is 2.10. The van der Waals surface area contributed by atoms with E-state index in [9.17, 15) is 9.90 Å². The molecule has 128 valence electrons. The first-order valence-electron chi connectivity index (χ1n) is 8.14. The van der Waals surface area contributed by atoms with Gasteiger partial charge < -0.3 is 20.1 Å². The molecule has 0 saturated carbocycles. The molecule has 3 N–H and O–H groups in total. The molecule has 0 spiro atoms. The third-order valence-electron chi connectivity index (χ3n) is 2.71. The van der Waals surface area contributed by atoms with Crippen molar-refractivity contribution in [2.24, 2.45) is 0 Å². The topological polar surface area (TPSA) is 87.0 Å². The molecule has 0 aromatic rings. The van der Waals surface area contributed by atoms with E-state index in [0.717, 1.165) is 25.7 Å². The molecule has 0 rings (SSSR count). The van der Waals surface area contributed by atoms with Crippen LogP contribution in [0.3, 0.4) is 0 Å². The fourth-order valence-electron chi connectivity index (χ4n) is 1.57. The number of unbranched alkanes of at least 4 members (excludes halogenated alkanes) is 2. The normalized spacial score (nSPS) is 13.0. The Bertz CT molecular complexity index is 221. The zero-order valence-electron chi connectivity index (χ0n) is 13.9. The summed E-state index contributed by atoms with van der Waals surface area (Å²) in [5, 5.41) is 27.1. The van der Waals surface area contributed by atoms with Crippen molar-refractivity contribution in [2.75, 3.05) is 13.2 Å². The SMILES string of the molecule is CCC.CCCCCC(O)CCCC(=O)OCC(O)CO. The van der Waals surface area contributed by atoms with E-state index in [1.165, 1.54) is 6.42 Å². The van der Waals surface area contributed by atoms with Gasteiger partial charge in [0.15, 0.2) is 0 Å². The van der Waals surface area contributed by atoms with Crippen LogP contribution in [-0.4, -0.2) is 46.7 Å². The number of carbonyl (C=O) groups is 1. The monoisotopic (exact) mass is 306 g/mol. The van der Waals surface area contributed by atoms with E-state index in [2.05, 4.69) is 20.8 Å². The lowest BCUT2D eigenvalue weighted by molar-refractivity contribution is -0.147. The number of hydrogen-bond acceptors (Lipinski definition) is 5. The summed E-state index contributed by atoms with van der Waals surface area (Å²) in [6.07, 6.45) is 5.38. The number of rotatable bonds is 11. The first-order valence-corrected chi connectivity index (χ1v) is 8.14. The average molecular weight is 306 g/mol. The van der Waals surface area contributed by atoms with E-state index in [1.807, 2.05) is 0 Å². The van der Waals surface area contributed by atoms with Crippen molar-refractivity contribution < 1.29 is 24.9 Å². The van der Waals surface area contributed by atoms with Gasteiger partial charge in [-0.15, -0.1) is 0 Å². The Morgan fingerprint density at radius 3 is 2.10 bits per heavy atom. The highest BCUT2D eigenvalue weighted by Gasteiger charge is 2.09. The van der Waals surface area contributed by atoms with Crippen LogP contribution in [0.15, 0.2) is 0 Å². The Balaban J connectivity index is 0. The molecule has 0 aromatic heterocycles. The van der Waals surface area contributed by atoms with Gasteiger partial charge in [0, 0.05) is 6.42 Å². The molecule has 21 heavy (non-hydrogen) atoms. The van der Waals surface area contributed by atoms with E-state index in [0.29, 0.717) is 12.8 Å². The minimum absolute atomic E-state index is 0.172. The minimum Gasteiger partial charge on any atom is -0.463 e. The van der Waals surface area contributed by atoms with Crippen LogP contribution in [0, 0.1) is 0 Å². The molecule has 0 fully saturated rings. The van der Waals surface area contributed by atoms with Crippen molar-refractivity contribution in [2.45, 2.75) is 84.3 Å². The molecule has 2 unspecified atom stereocenters. The summed E-state index contributed by atoms with van der Waals surface area (Å²) in [6, 6.07) is 0. The molecular formula is C16H34O5. The average Bonchev–Trinajstić information content (AvgIpc) is 2.46. The summed E-state index contributed by atoms with van der Waals surface area (Å²) in [4.78, 5) is 11.2. The summed E-state index contributed by atoms with van der Waals surface area (Å²) < 4.78 is 4.74. The molecular weight excluding hydrogens is 272 g/mol. The Hall–Kier alpha value is -0.650. The quantitative estimate of drug-likeness (QED) is 0.403. The van der Waals surface area contributed by atoms with E-state index in [4.69, 9.17) is 14.9 Å². The number of esters is 1. The molecule has 0 aliphatic carbocycles. The number of carbonyl (C=O) groups excluding carboxylic acids is 1. The molecule has 5 nitrogen and oxygen atoms in total. The van der Waals surface area contributed by atoms with Crippen LogP contribution in [0.4, 0.5) is 0 Å². The number of aliphatic hydroxyl groups excluding tert-OH is 3. The first kappa shape index (κ1) is 22.6. The van der Waals surface area contributed by atoms with Crippen LogP contribution in [0.2, 0.25) is 0 Å². The summed E-state index contributed by atoms with van der Waals surface area (Å²) in [5.74, 6) is -0.400. The second kappa shape index (κ2) is 17.4. The third-order valence-corrected chi connectivity index (χ3v) is 2.71. The maximum absolute atomic E-state index is 11.2. The fourth-order valence-corrected chi connectivity index (χ4v) is 1.57. The number of aliphatic hydroxyl groups is 3.